The maximum Gasteiger partial charge on any atom is 0.300 e. The smallest absolute Gasteiger partial charge is 0.300 e. The minimum absolute atomic E-state index is 0.0881. The Morgan fingerprint density at radius 1 is 1.42 bits per heavy atom. The summed E-state index contributed by atoms with van der Waals surface area (Å²) in [5.41, 5.74) is 1.08. The van der Waals surface area contributed by atoms with Crippen molar-refractivity contribution < 1.29 is 14.3 Å². The number of nitro groups is 1. The molecule has 1 aromatic carbocycles. The lowest BCUT2D eigenvalue weighted by Gasteiger charge is -2.17. The van der Waals surface area contributed by atoms with E-state index in [-0.39, 0.29) is 23.3 Å². The molecule has 2 heterocycles. The van der Waals surface area contributed by atoms with Crippen molar-refractivity contribution in [1.82, 2.24) is 10.3 Å². The molecule has 0 amide bonds. The predicted molar refractivity (Wildman–Crippen MR) is 65.9 cm³/mol. The van der Waals surface area contributed by atoms with Crippen LogP contribution in [0.25, 0.3) is 11.0 Å². The fourth-order valence-corrected chi connectivity index (χ4v) is 2.24. The van der Waals surface area contributed by atoms with E-state index < -0.39 is 4.92 Å². The van der Waals surface area contributed by atoms with Crippen LogP contribution in [0.5, 0.6) is 0 Å². The number of nitrogens with zero attached hydrogens (tertiary/aromatic N) is 3. The van der Waals surface area contributed by atoms with Crippen molar-refractivity contribution >= 4 is 22.4 Å². The average molecular weight is 264 g/mol. The number of anilines is 1. The van der Waals surface area contributed by atoms with Gasteiger partial charge in [0, 0.05) is 12.7 Å². The fraction of sp³-hybridized carbons (Fsp3) is 0.455. The molecule has 1 aliphatic rings. The summed E-state index contributed by atoms with van der Waals surface area (Å²) >= 11 is 0. The van der Waals surface area contributed by atoms with E-state index in [1.54, 1.807) is 6.07 Å². The molecule has 1 saturated heterocycles. The highest BCUT2D eigenvalue weighted by Gasteiger charge is 2.26. The highest BCUT2D eigenvalue weighted by Crippen LogP contribution is 2.30. The first-order chi connectivity index (χ1) is 9.16. The monoisotopic (exact) mass is 264 g/mol. The van der Waals surface area contributed by atoms with Crippen LogP contribution >= 0.6 is 0 Å². The van der Waals surface area contributed by atoms with E-state index in [9.17, 15) is 10.1 Å². The lowest BCUT2D eigenvalue weighted by Crippen LogP contribution is -2.26. The molecule has 0 aliphatic carbocycles. The van der Waals surface area contributed by atoms with Gasteiger partial charge in [-0.1, -0.05) is 0 Å². The first-order valence-electron chi connectivity index (χ1n) is 5.94. The zero-order valence-electron chi connectivity index (χ0n) is 10.2. The van der Waals surface area contributed by atoms with Crippen molar-refractivity contribution in [2.75, 3.05) is 11.9 Å². The summed E-state index contributed by atoms with van der Waals surface area (Å²) in [5, 5.41) is 21.5. The van der Waals surface area contributed by atoms with Crippen LogP contribution in [-0.4, -0.2) is 34.0 Å². The molecular formula is C11H12N4O4. The Labute approximate surface area is 107 Å². The molecule has 2 unspecified atom stereocenters. The van der Waals surface area contributed by atoms with Crippen molar-refractivity contribution in [2.24, 2.45) is 0 Å². The van der Waals surface area contributed by atoms with Gasteiger partial charge in [-0.2, -0.15) is 0 Å². The van der Waals surface area contributed by atoms with E-state index in [1.165, 1.54) is 6.07 Å². The third-order valence-corrected chi connectivity index (χ3v) is 3.31. The van der Waals surface area contributed by atoms with Crippen LogP contribution in [0.3, 0.4) is 0 Å². The molecule has 19 heavy (non-hydrogen) atoms. The average Bonchev–Trinajstić information content (AvgIpc) is 2.99. The Bertz CT molecular complexity index is 626. The van der Waals surface area contributed by atoms with E-state index in [1.807, 2.05) is 6.92 Å². The van der Waals surface area contributed by atoms with Gasteiger partial charge in [0.25, 0.3) is 0 Å². The van der Waals surface area contributed by atoms with Gasteiger partial charge in [-0.3, -0.25) is 10.1 Å². The van der Waals surface area contributed by atoms with Crippen LogP contribution in [0.1, 0.15) is 13.3 Å². The Balaban J connectivity index is 1.98. The fourth-order valence-electron chi connectivity index (χ4n) is 2.24. The van der Waals surface area contributed by atoms with Gasteiger partial charge in [0.1, 0.15) is 0 Å². The predicted octanol–water partition coefficient (Wildman–Crippen LogP) is 1.72. The lowest BCUT2D eigenvalue weighted by molar-refractivity contribution is -0.383. The van der Waals surface area contributed by atoms with Crippen molar-refractivity contribution in [1.29, 1.82) is 0 Å². The zero-order valence-corrected chi connectivity index (χ0v) is 10.2. The second-order valence-electron chi connectivity index (χ2n) is 4.47. The van der Waals surface area contributed by atoms with Crippen LogP contribution in [0.4, 0.5) is 11.4 Å². The molecule has 1 fully saturated rings. The molecule has 8 heteroatoms. The molecule has 2 aromatic rings. The summed E-state index contributed by atoms with van der Waals surface area (Å²) in [5.74, 6) is 0. The first kappa shape index (κ1) is 11.8. The molecule has 100 valence electrons. The molecule has 8 nitrogen and oxygen atoms in total. The number of non-ortho nitro benzene ring substituents is 1. The van der Waals surface area contributed by atoms with Crippen LogP contribution in [0.15, 0.2) is 16.8 Å². The van der Waals surface area contributed by atoms with Crippen LogP contribution < -0.4 is 5.32 Å². The van der Waals surface area contributed by atoms with Crippen LogP contribution in [-0.2, 0) is 4.74 Å². The van der Waals surface area contributed by atoms with Crippen LogP contribution in [0.2, 0.25) is 0 Å². The van der Waals surface area contributed by atoms with Crippen molar-refractivity contribution in [3.8, 4) is 0 Å². The summed E-state index contributed by atoms with van der Waals surface area (Å²) in [7, 11) is 0. The number of fused-ring (bicyclic) bond motifs is 1. The van der Waals surface area contributed by atoms with Crippen molar-refractivity contribution in [3.05, 3.63) is 22.2 Å². The van der Waals surface area contributed by atoms with Gasteiger partial charge < -0.3 is 10.1 Å². The number of hydrogen-bond acceptors (Lipinski definition) is 7. The molecule has 0 saturated carbocycles. The Morgan fingerprint density at radius 3 is 2.89 bits per heavy atom. The molecule has 1 N–H and O–H groups in total. The van der Waals surface area contributed by atoms with Gasteiger partial charge in [-0.25, -0.2) is 4.63 Å². The summed E-state index contributed by atoms with van der Waals surface area (Å²) < 4.78 is 10.1. The zero-order chi connectivity index (χ0) is 13.4. The molecule has 0 bridgehead atoms. The van der Waals surface area contributed by atoms with E-state index in [2.05, 4.69) is 20.3 Å². The number of hydrogen-bond donors (Lipinski definition) is 1. The number of rotatable bonds is 3. The quantitative estimate of drug-likeness (QED) is 0.664. The van der Waals surface area contributed by atoms with Crippen molar-refractivity contribution in [2.45, 2.75) is 25.5 Å². The topological polar surface area (TPSA) is 103 Å². The van der Waals surface area contributed by atoms with E-state index in [0.717, 1.165) is 6.42 Å². The number of nitro benzene ring substituents is 1. The van der Waals surface area contributed by atoms with E-state index in [4.69, 9.17) is 4.74 Å². The summed E-state index contributed by atoms with van der Waals surface area (Å²) in [6.45, 7) is 2.68. The maximum absolute atomic E-state index is 10.9. The van der Waals surface area contributed by atoms with Gasteiger partial charge in [0.05, 0.1) is 22.8 Å². The van der Waals surface area contributed by atoms with E-state index in [0.29, 0.717) is 17.8 Å². The van der Waals surface area contributed by atoms with Gasteiger partial charge in [-0.15, -0.1) is 0 Å². The molecule has 1 aromatic heterocycles. The second kappa shape index (κ2) is 4.47. The molecule has 2 atom stereocenters. The minimum Gasteiger partial charge on any atom is -0.378 e. The third kappa shape index (κ3) is 1.99. The number of aromatic nitrogens is 2. The van der Waals surface area contributed by atoms with Crippen molar-refractivity contribution in [3.63, 3.8) is 0 Å². The molecular weight excluding hydrogens is 252 g/mol. The standard InChI is InChI=1S/C11H12N4O4/c1-6-7(4-5-18-6)12-8-2-3-9(15(16)17)11-10(8)13-19-14-11/h2-3,6-7,12H,4-5H2,1H3. The molecule has 0 radical (unpaired) electrons. The highest BCUT2D eigenvalue weighted by atomic mass is 16.6. The molecule has 3 rings (SSSR count). The number of nitrogens with one attached hydrogen (secondary N) is 1. The summed E-state index contributed by atoms with van der Waals surface area (Å²) in [4.78, 5) is 10.4. The Kier molecular flexibility index (Phi) is 2.79. The maximum atomic E-state index is 10.9. The van der Waals surface area contributed by atoms with Gasteiger partial charge in [0.15, 0.2) is 5.52 Å². The Morgan fingerprint density at radius 2 is 2.21 bits per heavy atom. The number of ether oxygens (including phenoxy) is 1. The second-order valence-corrected chi connectivity index (χ2v) is 4.47. The normalized spacial score (nSPS) is 22.8. The van der Waals surface area contributed by atoms with E-state index >= 15 is 0 Å². The van der Waals surface area contributed by atoms with Gasteiger partial charge in [-0.05, 0) is 29.7 Å². The third-order valence-electron chi connectivity index (χ3n) is 3.31. The summed E-state index contributed by atoms with van der Waals surface area (Å²) in [6, 6.07) is 3.17. The summed E-state index contributed by atoms with van der Waals surface area (Å²) in [6.07, 6.45) is 0.968. The van der Waals surface area contributed by atoms with Gasteiger partial charge >= 0.3 is 5.69 Å². The largest absolute Gasteiger partial charge is 0.378 e. The highest BCUT2D eigenvalue weighted by molar-refractivity contribution is 5.93. The molecule has 1 aliphatic heterocycles. The molecule has 0 spiro atoms. The SMILES string of the molecule is CC1OCCC1Nc1ccc([N+](=O)[O-])c2nonc12. The first-order valence-corrected chi connectivity index (χ1v) is 5.94. The lowest BCUT2D eigenvalue weighted by atomic mass is 10.1. The Hall–Kier alpha value is -2.22. The minimum atomic E-state index is -0.502. The van der Waals surface area contributed by atoms with Gasteiger partial charge in [0.2, 0.25) is 5.52 Å². The number of benzene rings is 1. The van der Waals surface area contributed by atoms with Crippen LogP contribution in [0, 0.1) is 10.1 Å².